The first-order valence-corrected chi connectivity index (χ1v) is 14.6. The van der Waals surface area contributed by atoms with Gasteiger partial charge in [-0.1, -0.05) is 45.1 Å². The molecule has 0 N–H and O–H groups in total. The molecule has 0 aromatic heterocycles. The Morgan fingerprint density at radius 3 is 1.87 bits per heavy atom. The zero-order valence-electron chi connectivity index (χ0n) is 18.5. The number of hydrogen-bond acceptors (Lipinski definition) is 8. The van der Waals surface area contributed by atoms with Gasteiger partial charge in [-0.2, -0.15) is 0 Å². The predicted molar refractivity (Wildman–Crippen MR) is 115 cm³/mol. The van der Waals surface area contributed by atoms with E-state index in [4.69, 9.17) is 27.1 Å². The van der Waals surface area contributed by atoms with Gasteiger partial charge in [-0.25, -0.2) is 9.13 Å². The van der Waals surface area contributed by atoms with E-state index in [2.05, 4.69) is 6.58 Å². The maximum atomic E-state index is 12.9. The Bertz CT molecular complexity index is 703. The van der Waals surface area contributed by atoms with Crippen LogP contribution in [0, 0.1) is 17.3 Å². The highest BCUT2D eigenvalue weighted by Crippen LogP contribution is 2.61. The Labute approximate surface area is 185 Å². The Hall–Kier alpha value is -0.200. The normalized spacial score (nSPS) is 39.3. The van der Waals surface area contributed by atoms with Crippen molar-refractivity contribution in [1.29, 1.82) is 0 Å². The molecule has 4 aliphatic rings. The lowest BCUT2D eigenvalue weighted by Crippen LogP contribution is -2.46. The minimum atomic E-state index is -3.71. The summed E-state index contributed by atoms with van der Waals surface area (Å²) in [5.74, 6) is 1.05. The highest BCUT2D eigenvalue weighted by molar-refractivity contribution is 7.49. The van der Waals surface area contributed by atoms with E-state index in [0.29, 0.717) is 11.7 Å². The second-order valence-corrected chi connectivity index (χ2v) is 12.8. The highest BCUT2D eigenvalue weighted by Gasteiger charge is 2.51. The summed E-state index contributed by atoms with van der Waals surface area (Å²) in [5.41, 5.74) is -0.686. The van der Waals surface area contributed by atoms with E-state index in [1.807, 2.05) is 6.92 Å². The molecule has 4 fully saturated rings. The molecule has 0 amide bonds. The molecular weight excluding hydrogens is 442 g/mol. The first-order valence-electron chi connectivity index (χ1n) is 11.7. The summed E-state index contributed by atoms with van der Waals surface area (Å²) < 4.78 is 59.3. The van der Waals surface area contributed by atoms with Crippen molar-refractivity contribution in [3.63, 3.8) is 0 Å². The van der Waals surface area contributed by atoms with Gasteiger partial charge in [-0.3, -0.25) is 22.6 Å². The number of phosphoric acid groups is 2. The third-order valence-electron chi connectivity index (χ3n) is 7.01. The molecule has 1 spiro atoms. The van der Waals surface area contributed by atoms with Gasteiger partial charge >= 0.3 is 15.6 Å². The van der Waals surface area contributed by atoms with Gasteiger partial charge in [-0.15, -0.1) is 0 Å². The van der Waals surface area contributed by atoms with Crippen molar-refractivity contribution in [1.82, 2.24) is 0 Å². The summed E-state index contributed by atoms with van der Waals surface area (Å²) in [4.78, 5) is 0. The van der Waals surface area contributed by atoms with Gasteiger partial charge in [0.1, 0.15) is 5.76 Å². The lowest BCUT2D eigenvalue weighted by molar-refractivity contribution is -0.0988. The van der Waals surface area contributed by atoms with Crippen molar-refractivity contribution in [3.8, 4) is 0 Å². The molecule has 2 heterocycles. The number of phosphoric ester groups is 2. The second-order valence-electron chi connectivity index (χ2n) is 9.59. The van der Waals surface area contributed by atoms with Crippen LogP contribution in [0.5, 0.6) is 0 Å². The maximum Gasteiger partial charge on any atom is 0.529 e. The van der Waals surface area contributed by atoms with Crippen molar-refractivity contribution >= 4 is 15.6 Å². The molecule has 31 heavy (non-hydrogen) atoms. The van der Waals surface area contributed by atoms with E-state index in [1.165, 1.54) is 25.7 Å². The summed E-state index contributed by atoms with van der Waals surface area (Å²) in [6.07, 6.45) is 11.0. The van der Waals surface area contributed by atoms with Gasteiger partial charge in [0.15, 0.2) is 0 Å². The van der Waals surface area contributed by atoms with Crippen LogP contribution in [0.1, 0.15) is 71.1 Å². The highest BCUT2D eigenvalue weighted by atomic mass is 31.2. The molecule has 0 aromatic carbocycles. The first kappa shape index (κ1) is 23.9. The summed E-state index contributed by atoms with van der Waals surface area (Å²) in [7, 11) is -7.34. The fourth-order valence-corrected chi connectivity index (χ4v) is 7.96. The van der Waals surface area contributed by atoms with Crippen molar-refractivity contribution in [3.05, 3.63) is 12.3 Å². The Morgan fingerprint density at radius 2 is 1.32 bits per heavy atom. The minimum Gasteiger partial charge on any atom is -0.409 e. The number of rotatable bonds is 6. The molecule has 0 aromatic rings. The molecule has 2 saturated carbocycles. The average Bonchev–Trinajstić information content (AvgIpc) is 2.79. The average molecular weight is 478 g/mol. The molecule has 178 valence electrons. The molecular formula is C21H36O8P2. The summed E-state index contributed by atoms with van der Waals surface area (Å²) in [6, 6.07) is 0. The van der Waals surface area contributed by atoms with Crippen LogP contribution >= 0.6 is 15.6 Å². The molecule has 0 radical (unpaired) electrons. The fraction of sp³-hybridized carbons (Fsp3) is 0.905. The lowest BCUT2D eigenvalue weighted by atomic mass is 9.86. The van der Waals surface area contributed by atoms with Gasteiger partial charge in [0.25, 0.3) is 0 Å². The third kappa shape index (κ3) is 6.03. The SMILES string of the molecule is C=C(OP1(=O)OCC2(CO1)COP(=O)(OC(C)C1CCCCC1)OC2)C1CCCCC1. The standard InChI is InChI=1S/C21H36O8P2/c1-17(19-9-5-3-6-10-19)28-30(22)24-13-21(14-25-30)15-26-31(23,27-16-21)29-18(2)20-11-7-4-8-12-20/h18-20H,1,3-16H2,2H3. The molecule has 10 heteroatoms. The zero-order chi connectivity index (χ0) is 22.0. The van der Waals surface area contributed by atoms with Gasteiger partial charge < -0.3 is 4.52 Å². The molecule has 2 aliphatic heterocycles. The summed E-state index contributed by atoms with van der Waals surface area (Å²) in [5, 5.41) is 0. The monoisotopic (exact) mass is 478 g/mol. The van der Waals surface area contributed by atoms with Gasteiger partial charge in [-0.05, 0) is 38.5 Å². The Morgan fingerprint density at radius 1 is 0.839 bits per heavy atom. The van der Waals surface area contributed by atoms with E-state index in [1.54, 1.807) is 0 Å². The van der Waals surface area contributed by atoms with Gasteiger partial charge in [0.05, 0.1) is 37.9 Å². The molecule has 1 unspecified atom stereocenters. The van der Waals surface area contributed by atoms with Crippen LogP contribution in [0.25, 0.3) is 0 Å². The van der Waals surface area contributed by atoms with Crippen molar-refractivity contribution in [2.24, 2.45) is 17.3 Å². The second kappa shape index (κ2) is 9.97. The van der Waals surface area contributed by atoms with Crippen LogP contribution in [0.4, 0.5) is 0 Å². The lowest BCUT2D eigenvalue weighted by Gasteiger charge is -2.42. The number of allylic oxidation sites excluding steroid dienone is 1. The van der Waals surface area contributed by atoms with Crippen molar-refractivity contribution in [2.45, 2.75) is 77.2 Å². The van der Waals surface area contributed by atoms with Gasteiger partial charge in [0, 0.05) is 5.92 Å². The Balaban J connectivity index is 1.25. The molecule has 2 saturated heterocycles. The van der Waals surface area contributed by atoms with Crippen LogP contribution < -0.4 is 0 Å². The van der Waals surface area contributed by atoms with Crippen LogP contribution in [0.2, 0.25) is 0 Å². The molecule has 2 aliphatic carbocycles. The quantitative estimate of drug-likeness (QED) is 0.321. The van der Waals surface area contributed by atoms with Gasteiger partial charge in [0.2, 0.25) is 0 Å². The van der Waals surface area contributed by atoms with Crippen LogP contribution in [0.15, 0.2) is 12.3 Å². The zero-order valence-corrected chi connectivity index (χ0v) is 20.3. The van der Waals surface area contributed by atoms with E-state index in [9.17, 15) is 9.13 Å². The topological polar surface area (TPSA) is 89.5 Å². The molecule has 8 nitrogen and oxygen atoms in total. The smallest absolute Gasteiger partial charge is 0.409 e. The largest absolute Gasteiger partial charge is 0.529 e. The molecule has 1 atom stereocenters. The molecule has 4 rings (SSSR count). The summed E-state index contributed by atoms with van der Waals surface area (Å²) >= 11 is 0. The maximum absolute atomic E-state index is 12.9. The third-order valence-corrected chi connectivity index (χ3v) is 9.84. The van der Waals surface area contributed by atoms with Crippen LogP contribution in [-0.4, -0.2) is 32.5 Å². The van der Waals surface area contributed by atoms with Crippen LogP contribution in [-0.2, 0) is 36.3 Å². The number of hydrogen-bond donors (Lipinski definition) is 0. The van der Waals surface area contributed by atoms with E-state index in [-0.39, 0.29) is 38.4 Å². The van der Waals surface area contributed by atoms with Crippen molar-refractivity contribution < 1.29 is 36.3 Å². The fourth-order valence-electron chi connectivity index (χ4n) is 4.84. The van der Waals surface area contributed by atoms with E-state index >= 15 is 0 Å². The van der Waals surface area contributed by atoms with Crippen molar-refractivity contribution in [2.75, 3.05) is 26.4 Å². The van der Waals surface area contributed by atoms with E-state index in [0.717, 1.165) is 38.5 Å². The van der Waals surface area contributed by atoms with Crippen LogP contribution in [0.3, 0.4) is 0 Å². The first-order chi connectivity index (χ1) is 14.8. The minimum absolute atomic E-state index is 0.0698. The van der Waals surface area contributed by atoms with E-state index < -0.39 is 21.1 Å². The summed E-state index contributed by atoms with van der Waals surface area (Å²) in [6.45, 7) is 6.20. The molecule has 0 bridgehead atoms. The predicted octanol–water partition coefficient (Wildman–Crippen LogP) is 6.38. The Kier molecular flexibility index (Phi) is 7.70.